The molecule has 146 valence electrons. The fraction of sp³-hybridized carbons (Fsp3) is 0.130. The van der Waals surface area contributed by atoms with E-state index >= 15 is 0 Å². The molecule has 1 amide bonds. The van der Waals surface area contributed by atoms with E-state index in [-0.39, 0.29) is 18.1 Å². The highest BCUT2D eigenvalue weighted by Crippen LogP contribution is 2.44. The molecule has 5 nitrogen and oxygen atoms in total. The van der Waals surface area contributed by atoms with Crippen LogP contribution >= 0.6 is 0 Å². The summed E-state index contributed by atoms with van der Waals surface area (Å²) in [5, 5.41) is 11.8. The Morgan fingerprint density at radius 3 is 2.03 bits per heavy atom. The van der Waals surface area contributed by atoms with E-state index in [9.17, 15) is 19.1 Å². The van der Waals surface area contributed by atoms with Gasteiger partial charge in [-0.3, -0.25) is 0 Å². The van der Waals surface area contributed by atoms with Crippen molar-refractivity contribution >= 4 is 12.1 Å². The van der Waals surface area contributed by atoms with E-state index in [1.54, 1.807) is 0 Å². The number of carbonyl (C=O) groups excluding carboxylic acids is 1. The minimum absolute atomic E-state index is 0.0790. The third kappa shape index (κ3) is 3.69. The number of nitrogens with one attached hydrogen (secondary N) is 1. The summed E-state index contributed by atoms with van der Waals surface area (Å²) in [4.78, 5) is 23.9. The molecule has 29 heavy (non-hydrogen) atoms. The molecule has 0 radical (unpaired) electrons. The lowest BCUT2D eigenvalue weighted by Crippen LogP contribution is -2.34. The topological polar surface area (TPSA) is 75.6 Å². The van der Waals surface area contributed by atoms with Gasteiger partial charge in [-0.1, -0.05) is 60.7 Å². The lowest BCUT2D eigenvalue weighted by atomic mass is 9.98. The van der Waals surface area contributed by atoms with Crippen LogP contribution in [0.3, 0.4) is 0 Å². The van der Waals surface area contributed by atoms with Crippen molar-refractivity contribution in [2.45, 2.75) is 12.0 Å². The van der Waals surface area contributed by atoms with Gasteiger partial charge in [-0.15, -0.1) is 0 Å². The first-order valence-electron chi connectivity index (χ1n) is 9.14. The van der Waals surface area contributed by atoms with Crippen molar-refractivity contribution in [1.29, 1.82) is 0 Å². The summed E-state index contributed by atoms with van der Waals surface area (Å²) in [5.74, 6) is -1.87. The summed E-state index contributed by atoms with van der Waals surface area (Å²) in [5.41, 5.74) is 4.59. The zero-order valence-electron chi connectivity index (χ0n) is 15.3. The van der Waals surface area contributed by atoms with Crippen LogP contribution in [-0.2, 0) is 9.53 Å². The van der Waals surface area contributed by atoms with Crippen LogP contribution in [0.25, 0.3) is 11.1 Å². The van der Waals surface area contributed by atoms with Gasteiger partial charge >= 0.3 is 12.1 Å². The summed E-state index contributed by atoms with van der Waals surface area (Å²) < 4.78 is 18.5. The lowest BCUT2D eigenvalue weighted by Gasteiger charge is -2.17. The Kier molecular flexibility index (Phi) is 4.99. The molecule has 0 aromatic heterocycles. The maximum Gasteiger partial charge on any atom is 0.408 e. The largest absolute Gasteiger partial charge is 0.479 e. The first kappa shape index (κ1) is 18.7. The normalized spacial score (nSPS) is 13.3. The van der Waals surface area contributed by atoms with Crippen molar-refractivity contribution in [3.63, 3.8) is 0 Å². The summed E-state index contributed by atoms with van der Waals surface area (Å²) in [6.45, 7) is 0.0790. The van der Waals surface area contributed by atoms with Gasteiger partial charge in [0.1, 0.15) is 12.4 Å². The van der Waals surface area contributed by atoms with Crippen LogP contribution < -0.4 is 5.32 Å². The van der Waals surface area contributed by atoms with Gasteiger partial charge in [0.05, 0.1) is 0 Å². The van der Waals surface area contributed by atoms with Gasteiger partial charge < -0.3 is 15.2 Å². The number of hydrogen-bond acceptors (Lipinski definition) is 3. The predicted molar refractivity (Wildman–Crippen MR) is 105 cm³/mol. The monoisotopic (exact) mass is 391 g/mol. The number of carbonyl (C=O) groups is 2. The molecule has 0 saturated heterocycles. The minimum Gasteiger partial charge on any atom is -0.479 e. The second-order valence-corrected chi connectivity index (χ2v) is 6.79. The fourth-order valence-corrected chi connectivity index (χ4v) is 3.70. The lowest BCUT2D eigenvalue weighted by molar-refractivity contribution is -0.139. The number of amides is 1. The van der Waals surface area contributed by atoms with E-state index in [1.807, 2.05) is 48.5 Å². The highest BCUT2D eigenvalue weighted by molar-refractivity contribution is 5.82. The highest BCUT2D eigenvalue weighted by atomic mass is 19.1. The Morgan fingerprint density at radius 1 is 0.931 bits per heavy atom. The summed E-state index contributed by atoms with van der Waals surface area (Å²) in [6.07, 6.45) is -0.844. The molecule has 1 aliphatic rings. The van der Waals surface area contributed by atoms with Gasteiger partial charge in [-0.2, -0.15) is 0 Å². The van der Waals surface area contributed by atoms with Gasteiger partial charge in [0.15, 0.2) is 6.04 Å². The van der Waals surface area contributed by atoms with Crippen molar-refractivity contribution in [3.05, 3.63) is 95.3 Å². The molecule has 0 bridgehead atoms. The van der Waals surface area contributed by atoms with Gasteiger partial charge in [0.25, 0.3) is 0 Å². The molecule has 4 rings (SSSR count). The van der Waals surface area contributed by atoms with E-state index in [0.717, 1.165) is 34.4 Å². The molecular formula is C23H18FNO4. The number of rotatable bonds is 5. The number of ether oxygens (including phenoxy) is 1. The number of aliphatic carboxylic acids is 1. The van der Waals surface area contributed by atoms with Gasteiger partial charge in [0.2, 0.25) is 0 Å². The van der Waals surface area contributed by atoms with E-state index in [2.05, 4.69) is 5.32 Å². The first-order valence-corrected chi connectivity index (χ1v) is 9.14. The summed E-state index contributed by atoms with van der Waals surface area (Å²) >= 11 is 0. The number of alkyl carbamates (subject to hydrolysis) is 1. The third-order valence-electron chi connectivity index (χ3n) is 5.06. The van der Waals surface area contributed by atoms with Crippen LogP contribution in [-0.4, -0.2) is 23.8 Å². The average Bonchev–Trinajstić information content (AvgIpc) is 3.05. The smallest absolute Gasteiger partial charge is 0.408 e. The molecular weight excluding hydrogens is 373 g/mol. The molecule has 2 N–H and O–H groups in total. The molecule has 0 saturated carbocycles. The molecule has 1 unspecified atom stereocenters. The van der Waals surface area contributed by atoms with Gasteiger partial charge in [0, 0.05) is 5.92 Å². The van der Waals surface area contributed by atoms with Crippen LogP contribution in [0, 0.1) is 5.82 Å². The van der Waals surface area contributed by atoms with Crippen LogP contribution in [0.2, 0.25) is 0 Å². The standard InChI is InChI=1S/C23H18FNO4/c24-15-11-9-14(10-12-15)21(22(26)27)25-23(28)29-13-20-18-7-3-1-5-16(18)17-6-2-4-8-19(17)20/h1-12,20-21H,13H2,(H,25,28)(H,26,27). The van der Waals surface area contributed by atoms with Crippen molar-refractivity contribution in [1.82, 2.24) is 5.32 Å². The Morgan fingerprint density at radius 2 is 1.48 bits per heavy atom. The second-order valence-electron chi connectivity index (χ2n) is 6.79. The number of carboxylic acid groups (broad SMARTS) is 1. The van der Waals surface area contributed by atoms with Crippen LogP contribution in [0.15, 0.2) is 72.8 Å². The van der Waals surface area contributed by atoms with Gasteiger partial charge in [-0.05, 0) is 39.9 Å². The van der Waals surface area contributed by atoms with E-state index in [1.165, 1.54) is 12.1 Å². The minimum atomic E-state index is -1.33. The van der Waals surface area contributed by atoms with Crippen molar-refractivity contribution in [3.8, 4) is 11.1 Å². The molecule has 3 aromatic rings. The predicted octanol–water partition coefficient (Wildman–Crippen LogP) is 4.49. The number of halogens is 1. The zero-order valence-corrected chi connectivity index (χ0v) is 15.3. The maximum atomic E-state index is 13.1. The van der Waals surface area contributed by atoms with Crippen molar-refractivity contribution < 1.29 is 23.8 Å². The molecule has 1 atom stereocenters. The number of fused-ring (bicyclic) bond motifs is 3. The Hall–Kier alpha value is -3.67. The molecule has 3 aromatic carbocycles. The quantitative estimate of drug-likeness (QED) is 0.672. The van der Waals surface area contributed by atoms with Crippen molar-refractivity contribution in [2.75, 3.05) is 6.61 Å². The van der Waals surface area contributed by atoms with Crippen molar-refractivity contribution in [2.24, 2.45) is 0 Å². The molecule has 6 heteroatoms. The van der Waals surface area contributed by atoms with Gasteiger partial charge in [-0.25, -0.2) is 14.0 Å². The number of hydrogen-bond donors (Lipinski definition) is 2. The Balaban J connectivity index is 1.48. The third-order valence-corrected chi connectivity index (χ3v) is 5.06. The Labute approximate surface area is 166 Å². The zero-order chi connectivity index (χ0) is 20.4. The molecule has 1 aliphatic carbocycles. The molecule has 0 spiro atoms. The second kappa shape index (κ2) is 7.75. The van der Waals surface area contributed by atoms with Crippen LogP contribution in [0.1, 0.15) is 28.7 Å². The maximum absolute atomic E-state index is 13.1. The van der Waals surface area contributed by atoms with E-state index in [0.29, 0.717) is 0 Å². The first-order chi connectivity index (χ1) is 14.0. The highest BCUT2D eigenvalue weighted by Gasteiger charge is 2.30. The summed E-state index contributed by atoms with van der Waals surface area (Å²) in [7, 11) is 0. The number of carboxylic acids is 1. The van der Waals surface area contributed by atoms with Crippen LogP contribution in [0.4, 0.5) is 9.18 Å². The SMILES string of the molecule is O=C(NC(C(=O)O)c1ccc(F)cc1)OCC1c2ccccc2-c2ccccc21. The van der Waals surface area contributed by atoms with E-state index < -0.39 is 23.9 Å². The molecule has 0 fully saturated rings. The summed E-state index contributed by atoms with van der Waals surface area (Å²) in [6, 6.07) is 19.5. The van der Waals surface area contributed by atoms with Crippen LogP contribution in [0.5, 0.6) is 0 Å². The fourth-order valence-electron chi connectivity index (χ4n) is 3.70. The average molecular weight is 391 g/mol. The van der Waals surface area contributed by atoms with E-state index in [4.69, 9.17) is 4.74 Å². The number of benzene rings is 3. The molecule has 0 heterocycles. The Bertz CT molecular complexity index is 1020. The molecule has 0 aliphatic heterocycles.